The molecule has 0 aliphatic heterocycles. The smallest absolute Gasteiger partial charge is 0.307 e. The van der Waals surface area contributed by atoms with E-state index in [-0.39, 0.29) is 18.3 Å². The molecule has 0 spiro atoms. The highest BCUT2D eigenvalue weighted by Gasteiger charge is 2.21. The number of amides is 1. The fraction of sp³-hybridized carbons (Fsp3) is 0.167. The number of nitrogens with zero attached hydrogens (tertiary/aromatic N) is 2. The maximum absolute atomic E-state index is 12.8. The monoisotopic (exact) mass is 447 g/mol. The molecule has 32 heavy (non-hydrogen) atoms. The van der Waals surface area contributed by atoms with Gasteiger partial charge in [0, 0.05) is 21.6 Å². The van der Waals surface area contributed by atoms with E-state index in [1.807, 2.05) is 48.7 Å². The number of benzene rings is 2. The number of thiophene rings is 1. The van der Waals surface area contributed by atoms with Crippen LogP contribution in [-0.4, -0.2) is 29.2 Å². The summed E-state index contributed by atoms with van der Waals surface area (Å²) in [5.74, 6) is 0.127. The van der Waals surface area contributed by atoms with E-state index < -0.39 is 6.04 Å². The Morgan fingerprint density at radius 3 is 2.19 bits per heavy atom. The minimum absolute atomic E-state index is 0.0601. The zero-order valence-electron chi connectivity index (χ0n) is 17.6. The summed E-state index contributed by atoms with van der Waals surface area (Å²) >= 11 is 1.47. The topological polar surface area (TPSA) is 94.3 Å². The second-order valence-corrected chi connectivity index (χ2v) is 8.16. The number of aryl methyl sites for hydroxylation is 1. The minimum atomic E-state index is -0.456. The van der Waals surface area contributed by atoms with Crippen LogP contribution in [0, 0.1) is 6.92 Å². The fourth-order valence-electron chi connectivity index (χ4n) is 3.12. The molecule has 8 heteroatoms. The van der Waals surface area contributed by atoms with Gasteiger partial charge in [-0.05, 0) is 54.8 Å². The van der Waals surface area contributed by atoms with Gasteiger partial charge in [0.1, 0.15) is 0 Å². The number of carbonyl (C=O) groups is 2. The van der Waals surface area contributed by atoms with Crippen molar-refractivity contribution in [2.45, 2.75) is 19.4 Å². The van der Waals surface area contributed by atoms with E-state index in [0.717, 1.165) is 16.0 Å². The molecule has 2 heterocycles. The molecule has 0 aliphatic rings. The Kier molecular flexibility index (Phi) is 6.42. The van der Waals surface area contributed by atoms with Crippen LogP contribution in [0.1, 0.15) is 33.3 Å². The summed E-state index contributed by atoms with van der Waals surface area (Å²) in [6.45, 7) is 2.01. The summed E-state index contributed by atoms with van der Waals surface area (Å²) in [6.07, 6.45) is 0.0601. The van der Waals surface area contributed by atoms with Gasteiger partial charge in [0.05, 0.1) is 19.6 Å². The average Bonchev–Trinajstić information content (AvgIpc) is 3.52. The summed E-state index contributed by atoms with van der Waals surface area (Å²) < 4.78 is 10.6. The molecule has 1 N–H and O–H groups in total. The van der Waals surface area contributed by atoms with Crippen LogP contribution in [0.4, 0.5) is 0 Å². The standard InChI is InChI=1S/C24H21N3O4S/c1-15-5-7-17(8-6-15)23-26-27-24(31-23)18-11-9-16(10-12-18)22(29)25-19(14-21(28)30-2)20-4-3-13-32-20/h3-13,19H,14H2,1-2H3,(H,25,29). The van der Waals surface area contributed by atoms with Crippen LogP contribution < -0.4 is 5.32 Å². The number of hydrogen-bond donors (Lipinski definition) is 1. The highest BCUT2D eigenvalue weighted by atomic mass is 32.1. The predicted molar refractivity (Wildman–Crippen MR) is 121 cm³/mol. The van der Waals surface area contributed by atoms with Crippen molar-refractivity contribution >= 4 is 23.2 Å². The maximum atomic E-state index is 12.8. The van der Waals surface area contributed by atoms with E-state index in [0.29, 0.717) is 22.9 Å². The molecule has 1 unspecified atom stereocenters. The van der Waals surface area contributed by atoms with Crippen molar-refractivity contribution in [1.82, 2.24) is 15.5 Å². The average molecular weight is 448 g/mol. The summed E-state index contributed by atoms with van der Waals surface area (Å²) in [6, 6.07) is 18.0. The second-order valence-electron chi connectivity index (χ2n) is 7.18. The van der Waals surface area contributed by atoms with E-state index in [1.54, 1.807) is 24.3 Å². The SMILES string of the molecule is COC(=O)CC(NC(=O)c1ccc(-c2nnc(-c3ccc(C)cc3)o2)cc1)c1cccs1. The summed E-state index contributed by atoms with van der Waals surface area (Å²) in [5.41, 5.74) is 3.15. The van der Waals surface area contributed by atoms with E-state index in [4.69, 9.17) is 9.15 Å². The molecule has 0 aliphatic carbocycles. The molecule has 1 atom stereocenters. The first kappa shape index (κ1) is 21.5. The number of carbonyl (C=O) groups excluding carboxylic acids is 2. The highest BCUT2D eigenvalue weighted by molar-refractivity contribution is 7.10. The van der Waals surface area contributed by atoms with Gasteiger partial charge in [0.15, 0.2) is 0 Å². The fourth-order valence-corrected chi connectivity index (χ4v) is 3.90. The minimum Gasteiger partial charge on any atom is -0.469 e. The lowest BCUT2D eigenvalue weighted by Crippen LogP contribution is -2.30. The first-order chi connectivity index (χ1) is 15.5. The molecule has 0 bridgehead atoms. The van der Waals surface area contributed by atoms with E-state index >= 15 is 0 Å². The third-order valence-corrected chi connectivity index (χ3v) is 5.89. The largest absolute Gasteiger partial charge is 0.469 e. The number of hydrogen-bond acceptors (Lipinski definition) is 7. The van der Waals surface area contributed by atoms with E-state index in [1.165, 1.54) is 18.4 Å². The van der Waals surface area contributed by atoms with Gasteiger partial charge in [0.25, 0.3) is 5.91 Å². The Morgan fingerprint density at radius 2 is 1.62 bits per heavy atom. The van der Waals surface area contributed by atoms with Crippen LogP contribution in [0.3, 0.4) is 0 Å². The number of aromatic nitrogens is 2. The van der Waals surface area contributed by atoms with Gasteiger partial charge in [-0.2, -0.15) is 0 Å². The first-order valence-electron chi connectivity index (χ1n) is 9.95. The normalized spacial score (nSPS) is 11.7. The quantitative estimate of drug-likeness (QED) is 0.409. The van der Waals surface area contributed by atoms with Crippen molar-refractivity contribution in [3.8, 4) is 22.9 Å². The molecule has 0 saturated heterocycles. The zero-order valence-corrected chi connectivity index (χ0v) is 18.4. The van der Waals surface area contributed by atoms with Crippen LogP contribution in [0.15, 0.2) is 70.5 Å². The molecule has 2 aromatic carbocycles. The lowest BCUT2D eigenvalue weighted by atomic mass is 10.1. The Hall–Kier alpha value is -3.78. The van der Waals surface area contributed by atoms with Gasteiger partial charge in [-0.25, -0.2) is 0 Å². The van der Waals surface area contributed by atoms with Crippen LogP contribution in [-0.2, 0) is 9.53 Å². The van der Waals surface area contributed by atoms with Crippen molar-refractivity contribution in [1.29, 1.82) is 0 Å². The molecule has 1 amide bonds. The maximum Gasteiger partial charge on any atom is 0.307 e. The van der Waals surface area contributed by atoms with Crippen molar-refractivity contribution in [2.75, 3.05) is 7.11 Å². The lowest BCUT2D eigenvalue weighted by molar-refractivity contribution is -0.141. The van der Waals surface area contributed by atoms with Gasteiger partial charge >= 0.3 is 5.97 Å². The zero-order chi connectivity index (χ0) is 22.5. The lowest BCUT2D eigenvalue weighted by Gasteiger charge is -2.16. The number of ether oxygens (including phenoxy) is 1. The number of esters is 1. The number of methoxy groups -OCH3 is 1. The van der Waals surface area contributed by atoms with Gasteiger partial charge in [-0.15, -0.1) is 21.5 Å². The van der Waals surface area contributed by atoms with Crippen LogP contribution in [0.5, 0.6) is 0 Å². The van der Waals surface area contributed by atoms with E-state index in [9.17, 15) is 9.59 Å². The van der Waals surface area contributed by atoms with Crippen molar-refractivity contribution < 1.29 is 18.7 Å². The molecular weight excluding hydrogens is 426 g/mol. The van der Waals surface area contributed by atoms with Crippen molar-refractivity contribution in [2.24, 2.45) is 0 Å². The van der Waals surface area contributed by atoms with Gasteiger partial charge < -0.3 is 14.5 Å². The Bertz CT molecular complexity index is 1200. The van der Waals surface area contributed by atoms with Crippen LogP contribution in [0.25, 0.3) is 22.9 Å². The molecule has 7 nitrogen and oxygen atoms in total. The Balaban J connectivity index is 1.47. The molecule has 4 rings (SSSR count). The second kappa shape index (κ2) is 9.57. The van der Waals surface area contributed by atoms with Gasteiger partial charge in [-0.3, -0.25) is 9.59 Å². The Labute approximate surface area is 189 Å². The molecule has 2 aromatic heterocycles. The van der Waals surface area contributed by atoms with Crippen LogP contribution in [0.2, 0.25) is 0 Å². The molecule has 0 fully saturated rings. The van der Waals surface area contributed by atoms with Crippen LogP contribution >= 0.6 is 11.3 Å². The molecular formula is C24H21N3O4S. The molecule has 0 radical (unpaired) electrons. The number of rotatable bonds is 7. The third kappa shape index (κ3) is 4.92. The van der Waals surface area contributed by atoms with Gasteiger partial charge in [0.2, 0.25) is 11.8 Å². The molecule has 0 saturated carbocycles. The van der Waals surface area contributed by atoms with E-state index in [2.05, 4.69) is 15.5 Å². The first-order valence-corrected chi connectivity index (χ1v) is 10.8. The summed E-state index contributed by atoms with van der Waals surface area (Å²) in [4.78, 5) is 25.4. The number of nitrogens with one attached hydrogen (secondary N) is 1. The predicted octanol–water partition coefficient (Wildman–Crippen LogP) is 4.81. The molecule has 162 valence electrons. The Morgan fingerprint density at radius 1 is 1.00 bits per heavy atom. The summed E-state index contributed by atoms with van der Waals surface area (Å²) in [7, 11) is 1.33. The molecule has 4 aromatic rings. The highest BCUT2D eigenvalue weighted by Crippen LogP contribution is 2.26. The van der Waals surface area contributed by atoms with Gasteiger partial charge in [-0.1, -0.05) is 23.8 Å². The van der Waals surface area contributed by atoms with Crippen molar-refractivity contribution in [3.05, 3.63) is 82.0 Å². The third-order valence-electron chi connectivity index (χ3n) is 4.91. The summed E-state index contributed by atoms with van der Waals surface area (Å²) in [5, 5.41) is 13.0. The van der Waals surface area contributed by atoms with Crippen molar-refractivity contribution in [3.63, 3.8) is 0 Å².